The van der Waals surface area contributed by atoms with Crippen molar-refractivity contribution >= 4 is 33.7 Å². The normalized spacial score (nSPS) is 19.6. The number of benzene rings is 2. The highest BCUT2D eigenvalue weighted by Crippen LogP contribution is 2.25. The molecule has 2 unspecified atom stereocenters. The Morgan fingerprint density at radius 1 is 1.27 bits per heavy atom. The van der Waals surface area contributed by atoms with Crippen LogP contribution < -0.4 is 16.3 Å². The maximum absolute atomic E-state index is 12.2. The van der Waals surface area contributed by atoms with Crippen LogP contribution in [-0.2, 0) is 4.79 Å². The largest absolute Gasteiger partial charge is 0.271 e. The molecule has 1 aliphatic rings. The Morgan fingerprint density at radius 3 is 2.85 bits per heavy atom. The van der Waals surface area contributed by atoms with E-state index in [-0.39, 0.29) is 17.6 Å². The second-order valence-electron chi connectivity index (χ2n) is 5.77. The summed E-state index contributed by atoms with van der Waals surface area (Å²) in [4.78, 5) is 22.7. The lowest BCUT2D eigenvalue weighted by atomic mass is 10.0. The third kappa shape index (κ3) is 4.51. The van der Waals surface area contributed by atoms with Crippen molar-refractivity contribution in [2.24, 2.45) is 5.10 Å². The Labute approximate surface area is 157 Å². The molecule has 0 aromatic heterocycles. The van der Waals surface area contributed by atoms with Crippen LogP contribution in [0.3, 0.4) is 0 Å². The zero-order valence-electron chi connectivity index (χ0n) is 13.6. The maximum atomic E-state index is 12.2. The maximum Gasteiger partial charge on any atom is 0.269 e. The van der Waals surface area contributed by atoms with Crippen molar-refractivity contribution in [2.75, 3.05) is 0 Å². The van der Waals surface area contributed by atoms with Gasteiger partial charge in [0, 0.05) is 22.6 Å². The van der Waals surface area contributed by atoms with Gasteiger partial charge < -0.3 is 0 Å². The number of hydrazone groups is 1. The number of carbonyl (C=O) groups is 1. The Balaban J connectivity index is 1.57. The number of nitrogens with one attached hydrogen (secondary N) is 3. The standard InChI is InChI=1S/C17H16BrN5O3/c18-13-5-1-3-11(7-13)10-19-22-17(24)16-9-15(20-21-16)12-4-2-6-14(8-12)23(25)26/h1-8,10,15-16,20-21H,9H2,(H,22,24)/b19-10-. The molecule has 1 aliphatic heterocycles. The molecule has 2 aromatic rings. The average Bonchev–Trinajstić information content (AvgIpc) is 3.12. The zero-order valence-corrected chi connectivity index (χ0v) is 15.1. The van der Waals surface area contributed by atoms with Gasteiger partial charge in [-0.2, -0.15) is 5.10 Å². The molecule has 1 fully saturated rings. The number of amides is 1. The fraction of sp³-hybridized carbons (Fsp3) is 0.176. The van der Waals surface area contributed by atoms with E-state index in [1.54, 1.807) is 18.3 Å². The van der Waals surface area contributed by atoms with E-state index in [1.807, 2.05) is 24.3 Å². The van der Waals surface area contributed by atoms with Crippen LogP contribution in [0.15, 0.2) is 58.1 Å². The van der Waals surface area contributed by atoms with Crippen molar-refractivity contribution in [3.8, 4) is 0 Å². The van der Waals surface area contributed by atoms with Crippen molar-refractivity contribution < 1.29 is 9.72 Å². The lowest BCUT2D eigenvalue weighted by molar-refractivity contribution is -0.384. The summed E-state index contributed by atoms with van der Waals surface area (Å²) in [5.74, 6) is -0.281. The minimum atomic E-state index is -0.487. The molecule has 2 atom stereocenters. The fourth-order valence-corrected chi connectivity index (χ4v) is 3.05. The second-order valence-corrected chi connectivity index (χ2v) is 6.69. The first-order valence-corrected chi connectivity index (χ1v) is 8.66. The second kappa shape index (κ2) is 8.17. The average molecular weight is 418 g/mol. The zero-order chi connectivity index (χ0) is 18.5. The first-order chi connectivity index (χ1) is 12.5. The Kier molecular flexibility index (Phi) is 5.71. The van der Waals surface area contributed by atoms with E-state index in [0.29, 0.717) is 6.42 Å². The first kappa shape index (κ1) is 18.2. The van der Waals surface area contributed by atoms with Crippen LogP contribution >= 0.6 is 15.9 Å². The lowest BCUT2D eigenvalue weighted by Gasteiger charge is -2.09. The lowest BCUT2D eigenvalue weighted by Crippen LogP contribution is -2.41. The van der Waals surface area contributed by atoms with E-state index in [0.717, 1.165) is 15.6 Å². The van der Waals surface area contributed by atoms with Crippen molar-refractivity contribution in [3.63, 3.8) is 0 Å². The molecule has 134 valence electrons. The van der Waals surface area contributed by atoms with E-state index in [1.165, 1.54) is 12.1 Å². The molecule has 8 nitrogen and oxygen atoms in total. The summed E-state index contributed by atoms with van der Waals surface area (Å²) in [7, 11) is 0. The number of nitro benzene ring substituents is 1. The van der Waals surface area contributed by atoms with Gasteiger partial charge in [-0.3, -0.25) is 14.9 Å². The fourth-order valence-electron chi connectivity index (χ4n) is 2.64. The SMILES string of the molecule is O=C(N/N=C\c1cccc(Br)c1)C1CC(c2cccc([N+](=O)[O-])c2)NN1. The van der Waals surface area contributed by atoms with E-state index in [2.05, 4.69) is 37.3 Å². The Bertz CT molecular complexity index is 858. The molecule has 1 amide bonds. The number of hydrogen-bond acceptors (Lipinski definition) is 6. The molecular formula is C17H16BrN5O3. The summed E-state index contributed by atoms with van der Waals surface area (Å²) in [5.41, 5.74) is 10.0. The minimum absolute atomic E-state index is 0.0239. The van der Waals surface area contributed by atoms with Gasteiger partial charge in [0.2, 0.25) is 0 Å². The van der Waals surface area contributed by atoms with Gasteiger partial charge in [0.25, 0.3) is 11.6 Å². The van der Waals surface area contributed by atoms with Crippen LogP contribution in [0.5, 0.6) is 0 Å². The summed E-state index contributed by atoms with van der Waals surface area (Å²) in [6, 6.07) is 13.2. The quantitative estimate of drug-likeness (QED) is 0.393. The van der Waals surface area contributed by atoms with Crippen LogP contribution in [-0.4, -0.2) is 23.1 Å². The molecule has 3 rings (SSSR count). The van der Waals surface area contributed by atoms with Crippen molar-refractivity contribution in [1.82, 2.24) is 16.3 Å². The third-order valence-corrected chi connectivity index (χ3v) is 4.43. The van der Waals surface area contributed by atoms with Crippen LogP contribution in [0, 0.1) is 10.1 Å². The molecule has 26 heavy (non-hydrogen) atoms. The van der Waals surface area contributed by atoms with Crippen LogP contribution in [0.2, 0.25) is 0 Å². The molecule has 1 saturated heterocycles. The summed E-state index contributed by atoms with van der Waals surface area (Å²) in [6.07, 6.45) is 2.02. The van der Waals surface area contributed by atoms with Gasteiger partial charge in [0.1, 0.15) is 6.04 Å². The highest BCUT2D eigenvalue weighted by atomic mass is 79.9. The molecule has 3 N–H and O–H groups in total. The van der Waals surface area contributed by atoms with Crippen LogP contribution in [0.4, 0.5) is 5.69 Å². The smallest absolute Gasteiger partial charge is 0.269 e. The van der Waals surface area contributed by atoms with Crippen molar-refractivity contribution in [2.45, 2.75) is 18.5 Å². The van der Waals surface area contributed by atoms with Crippen molar-refractivity contribution in [3.05, 3.63) is 74.2 Å². The number of hydrogen-bond donors (Lipinski definition) is 3. The van der Waals surface area contributed by atoms with Gasteiger partial charge in [0.05, 0.1) is 11.1 Å². The van der Waals surface area contributed by atoms with Gasteiger partial charge in [-0.05, 0) is 29.7 Å². The highest BCUT2D eigenvalue weighted by molar-refractivity contribution is 9.10. The molecule has 0 saturated carbocycles. The summed E-state index contributed by atoms with van der Waals surface area (Å²) in [6.45, 7) is 0. The summed E-state index contributed by atoms with van der Waals surface area (Å²) in [5, 5.41) is 14.8. The first-order valence-electron chi connectivity index (χ1n) is 7.87. The number of nitrogens with zero attached hydrogens (tertiary/aromatic N) is 2. The van der Waals surface area contributed by atoms with E-state index in [9.17, 15) is 14.9 Å². The van der Waals surface area contributed by atoms with Crippen LogP contribution in [0.1, 0.15) is 23.6 Å². The molecule has 1 heterocycles. The number of carbonyl (C=O) groups excluding carboxylic acids is 1. The topological polar surface area (TPSA) is 109 Å². The predicted octanol–water partition coefficient (Wildman–Crippen LogP) is 2.42. The number of halogens is 1. The third-order valence-electron chi connectivity index (χ3n) is 3.94. The van der Waals surface area contributed by atoms with Crippen molar-refractivity contribution in [1.29, 1.82) is 0 Å². The number of rotatable bonds is 5. The van der Waals surface area contributed by atoms with Gasteiger partial charge in [-0.1, -0.05) is 40.2 Å². The number of non-ortho nitro benzene ring substituents is 1. The van der Waals surface area contributed by atoms with E-state index < -0.39 is 11.0 Å². The minimum Gasteiger partial charge on any atom is -0.271 e. The monoisotopic (exact) mass is 417 g/mol. The van der Waals surface area contributed by atoms with E-state index >= 15 is 0 Å². The highest BCUT2D eigenvalue weighted by Gasteiger charge is 2.30. The Morgan fingerprint density at radius 2 is 2.08 bits per heavy atom. The molecule has 0 radical (unpaired) electrons. The molecule has 0 spiro atoms. The van der Waals surface area contributed by atoms with Crippen LogP contribution in [0.25, 0.3) is 0 Å². The van der Waals surface area contributed by atoms with Gasteiger partial charge >= 0.3 is 0 Å². The molecule has 0 aliphatic carbocycles. The molecule has 0 bridgehead atoms. The molecular weight excluding hydrogens is 402 g/mol. The number of hydrazine groups is 1. The molecule has 9 heteroatoms. The van der Waals surface area contributed by atoms with Gasteiger partial charge in [-0.15, -0.1) is 0 Å². The Hall–Kier alpha value is -2.62. The van der Waals surface area contributed by atoms with E-state index in [4.69, 9.17) is 0 Å². The van der Waals surface area contributed by atoms with Gasteiger partial charge in [-0.25, -0.2) is 16.3 Å². The number of nitro groups is 1. The summed E-state index contributed by atoms with van der Waals surface area (Å²) < 4.78 is 0.925. The predicted molar refractivity (Wildman–Crippen MR) is 100 cm³/mol. The van der Waals surface area contributed by atoms with Gasteiger partial charge in [0.15, 0.2) is 0 Å². The summed E-state index contributed by atoms with van der Waals surface area (Å²) >= 11 is 3.37. The molecule has 2 aromatic carbocycles.